The van der Waals surface area contributed by atoms with Crippen molar-refractivity contribution in [2.24, 2.45) is 7.05 Å². The SMILES string of the molecule is CC(NS(=O)(=O)c1cnn(C)c1)C(=O)NCCNC1CCCCCC1.Cl. The van der Waals surface area contributed by atoms with Gasteiger partial charge in [0, 0.05) is 32.4 Å². The number of hydrogen-bond donors (Lipinski definition) is 3. The summed E-state index contributed by atoms with van der Waals surface area (Å²) in [5.74, 6) is -0.338. The van der Waals surface area contributed by atoms with Gasteiger partial charge in [-0.15, -0.1) is 12.4 Å². The Morgan fingerprint density at radius 2 is 1.92 bits per heavy atom. The molecule has 0 aromatic carbocycles. The van der Waals surface area contributed by atoms with Crippen LogP contribution >= 0.6 is 12.4 Å². The van der Waals surface area contributed by atoms with Gasteiger partial charge in [-0.3, -0.25) is 9.48 Å². The molecule has 26 heavy (non-hydrogen) atoms. The van der Waals surface area contributed by atoms with Gasteiger partial charge in [-0.05, 0) is 19.8 Å². The second-order valence-corrected chi connectivity index (χ2v) is 8.34. The second-order valence-electron chi connectivity index (χ2n) is 6.63. The maximum Gasteiger partial charge on any atom is 0.244 e. The van der Waals surface area contributed by atoms with Crippen LogP contribution in [-0.4, -0.2) is 49.3 Å². The molecule has 1 aliphatic carbocycles. The predicted molar refractivity (Wildman–Crippen MR) is 103 cm³/mol. The van der Waals surface area contributed by atoms with Crippen molar-refractivity contribution in [3.63, 3.8) is 0 Å². The molecule has 1 aromatic heterocycles. The van der Waals surface area contributed by atoms with Crippen LogP contribution in [0.15, 0.2) is 17.3 Å². The number of carbonyl (C=O) groups excluding carboxylic acids is 1. The molecule has 0 radical (unpaired) electrons. The van der Waals surface area contributed by atoms with Crippen LogP contribution in [0.1, 0.15) is 45.4 Å². The first-order valence-electron chi connectivity index (χ1n) is 8.90. The first-order valence-corrected chi connectivity index (χ1v) is 10.4. The second kappa shape index (κ2) is 10.9. The van der Waals surface area contributed by atoms with Crippen LogP contribution in [0.3, 0.4) is 0 Å². The normalized spacial score (nSPS) is 17.2. The molecule has 1 fully saturated rings. The molecule has 0 spiro atoms. The number of nitrogens with zero attached hydrogens (tertiary/aromatic N) is 2. The lowest BCUT2D eigenvalue weighted by molar-refractivity contribution is -0.122. The van der Waals surface area contributed by atoms with E-state index in [2.05, 4.69) is 20.5 Å². The number of sulfonamides is 1. The fourth-order valence-electron chi connectivity index (χ4n) is 2.99. The summed E-state index contributed by atoms with van der Waals surface area (Å²) in [5, 5.41) is 10.1. The minimum Gasteiger partial charge on any atom is -0.353 e. The molecule has 1 amide bonds. The summed E-state index contributed by atoms with van der Waals surface area (Å²) in [5.41, 5.74) is 0. The Morgan fingerprint density at radius 3 is 2.50 bits per heavy atom. The van der Waals surface area contributed by atoms with Crippen LogP contribution in [0.25, 0.3) is 0 Å². The van der Waals surface area contributed by atoms with Crippen LogP contribution in [0, 0.1) is 0 Å². The van der Waals surface area contributed by atoms with E-state index in [-0.39, 0.29) is 23.2 Å². The summed E-state index contributed by atoms with van der Waals surface area (Å²) in [6.45, 7) is 2.70. The molecule has 1 unspecified atom stereocenters. The third-order valence-corrected chi connectivity index (χ3v) is 5.92. The highest BCUT2D eigenvalue weighted by atomic mass is 35.5. The highest BCUT2D eigenvalue weighted by molar-refractivity contribution is 7.89. The Hall–Kier alpha value is -1.16. The molecule has 1 heterocycles. The summed E-state index contributed by atoms with van der Waals surface area (Å²) in [4.78, 5) is 12.1. The van der Waals surface area contributed by atoms with Gasteiger partial charge in [-0.25, -0.2) is 8.42 Å². The van der Waals surface area contributed by atoms with Crippen LogP contribution in [0.2, 0.25) is 0 Å². The molecule has 0 saturated heterocycles. The Morgan fingerprint density at radius 1 is 1.27 bits per heavy atom. The molecule has 10 heteroatoms. The van der Waals surface area contributed by atoms with Crippen molar-refractivity contribution in [2.75, 3.05) is 13.1 Å². The maximum atomic E-state index is 12.2. The van der Waals surface area contributed by atoms with Crippen molar-refractivity contribution in [2.45, 2.75) is 62.4 Å². The topological polar surface area (TPSA) is 105 Å². The van der Waals surface area contributed by atoms with Crippen molar-refractivity contribution in [3.8, 4) is 0 Å². The predicted octanol–water partition coefficient (Wildman–Crippen LogP) is 0.937. The van der Waals surface area contributed by atoms with E-state index in [4.69, 9.17) is 0 Å². The highest BCUT2D eigenvalue weighted by Crippen LogP contribution is 2.16. The molecule has 150 valence electrons. The molecule has 1 aliphatic rings. The number of amides is 1. The Balaban J connectivity index is 0.00000338. The highest BCUT2D eigenvalue weighted by Gasteiger charge is 2.23. The van der Waals surface area contributed by atoms with Gasteiger partial charge < -0.3 is 10.6 Å². The molecular formula is C16H30ClN5O3S. The zero-order valence-corrected chi connectivity index (χ0v) is 17.0. The first-order chi connectivity index (χ1) is 11.9. The molecule has 2 rings (SSSR count). The van der Waals surface area contributed by atoms with Gasteiger partial charge >= 0.3 is 0 Å². The van der Waals surface area contributed by atoms with Crippen molar-refractivity contribution in [1.82, 2.24) is 25.1 Å². The van der Waals surface area contributed by atoms with E-state index in [1.54, 1.807) is 7.05 Å². The summed E-state index contributed by atoms with van der Waals surface area (Å²) >= 11 is 0. The minimum absolute atomic E-state index is 0. The molecule has 3 N–H and O–H groups in total. The number of hydrogen-bond acceptors (Lipinski definition) is 5. The maximum absolute atomic E-state index is 12.2. The standard InChI is InChI=1S/C16H29N5O3S.ClH/c1-13(20-25(23,24)15-11-19-21(2)12-15)16(22)18-10-9-17-14-7-5-3-4-6-8-14;/h11-14,17,20H,3-10H2,1-2H3,(H,18,22);1H. The number of nitrogens with one attached hydrogen (secondary N) is 3. The van der Waals surface area contributed by atoms with Gasteiger partial charge in [0.25, 0.3) is 0 Å². The smallest absolute Gasteiger partial charge is 0.244 e. The van der Waals surface area contributed by atoms with Gasteiger partial charge in [0.05, 0.1) is 12.2 Å². The summed E-state index contributed by atoms with van der Waals surface area (Å²) in [6.07, 6.45) is 10.2. The van der Waals surface area contributed by atoms with Crippen molar-refractivity contribution in [3.05, 3.63) is 12.4 Å². The van der Waals surface area contributed by atoms with E-state index in [1.165, 1.54) is 62.5 Å². The third kappa shape index (κ3) is 7.22. The van der Waals surface area contributed by atoms with Gasteiger partial charge in [0.15, 0.2) is 0 Å². The quantitative estimate of drug-likeness (QED) is 0.439. The van der Waals surface area contributed by atoms with E-state index in [9.17, 15) is 13.2 Å². The zero-order chi connectivity index (χ0) is 18.3. The molecule has 1 saturated carbocycles. The lowest BCUT2D eigenvalue weighted by Crippen LogP contribution is -2.46. The minimum atomic E-state index is -3.75. The van der Waals surface area contributed by atoms with Gasteiger partial charge in [-0.2, -0.15) is 9.82 Å². The average molecular weight is 408 g/mol. The largest absolute Gasteiger partial charge is 0.353 e. The average Bonchev–Trinajstić information content (AvgIpc) is 2.84. The summed E-state index contributed by atoms with van der Waals surface area (Å²) in [7, 11) is -2.11. The van der Waals surface area contributed by atoms with Crippen LogP contribution in [0.4, 0.5) is 0 Å². The Labute approximate surface area is 162 Å². The molecule has 0 bridgehead atoms. The molecule has 1 aromatic rings. The zero-order valence-electron chi connectivity index (χ0n) is 15.4. The van der Waals surface area contributed by atoms with E-state index in [0.717, 1.165) is 0 Å². The van der Waals surface area contributed by atoms with E-state index in [1.807, 2.05) is 0 Å². The summed E-state index contributed by atoms with van der Waals surface area (Å²) in [6, 6.07) is -0.316. The fourth-order valence-corrected chi connectivity index (χ4v) is 4.18. The summed E-state index contributed by atoms with van der Waals surface area (Å²) < 4.78 is 28.1. The monoisotopic (exact) mass is 407 g/mol. The number of rotatable bonds is 8. The molecular weight excluding hydrogens is 378 g/mol. The van der Waals surface area contributed by atoms with Crippen LogP contribution < -0.4 is 15.4 Å². The van der Waals surface area contributed by atoms with Crippen LogP contribution in [0.5, 0.6) is 0 Å². The Bertz CT molecular complexity index is 657. The third-order valence-electron chi connectivity index (χ3n) is 4.43. The number of halogens is 1. The molecule has 0 aliphatic heterocycles. The number of aryl methyl sites for hydroxylation is 1. The van der Waals surface area contributed by atoms with Gasteiger partial charge in [0.2, 0.25) is 15.9 Å². The van der Waals surface area contributed by atoms with E-state index in [0.29, 0.717) is 19.1 Å². The lowest BCUT2D eigenvalue weighted by Gasteiger charge is -2.17. The van der Waals surface area contributed by atoms with E-state index < -0.39 is 16.1 Å². The van der Waals surface area contributed by atoms with Crippen molar-refractivity contribution in [1.29, 1.82) is 0 Å². The lowest BCUT2D eigenvalue weighted by atomic mass is 10.1. The molecule has 1 atom stereocenters. The van der Waals surface area contributed by atoms with E-state index >= 15 is 0 Å². The van der Waals surface area contributed by atoms with Crippen molar-refractivity contribution >= 4 is 28.3 Å². The van der Waals surface area contributed by atoms with Crippen molar-refractivity contribution < 1.29 is 13.2 Å². The van der Waals surface area contributed by atoms with Gasteiger partial charge in [-0.1, -0.05) is 25.7 Å². The number of aromatic nitrogens is 2. The Kier molecular flexibility index (Phi) is 9.56. The first kappa shape index (κ1) is 22.9. The van der Waals surface area contributed by atoms with Crippen LogP contribution in [-0.2, 0) is 21.9 Å². The molecule has 8 nitrogen and oxygen atoms in total. The number of carbonyl (C=O) groups is 1. The van der Waals surface area contributed by atoms with Gasteiger partial charge in [0.1, 0.15) is 4.90 Å². The fraction of sp³-hybridized carbons (Fsp3) is 0.750.